The summed E-state index contributed by atoms with van der Waals surface area (Å²) in [7, 11) is 0. The highest BCUT2D eigenvalue weighted by atomic mass is 16.5. The molecule has 1 heterocycles. The van der Waals surface area contributed by atoms with Gasteiger partial charge in [0.1, 0.15) is 0 Å². The van der Waals surface area contributed by atoms with Gasteiger partial charge in [0.15, 0.2) is 0 Å². The summed E-state index contributed by atoms with van der Waals surface area (Å²) in [6, 6.07) is 13.4. The van der Waals surface area contributed by atoms with Crippen LogP contribution in [0.1, 0.15) is 23.7 Å². The van der Waals surface area contributed by atoms with E-state index in [0.29, 0.717) is 26.3 Å². The second kappa shape index (κ2) is 8.79. The van der Waals surface area contributed by atoms with Gasteiger partial charge in [-0.15, -0.1) is 0 Å². The smallest absolute Gasteiger partial charge is 0.315 e. The van der Waals surface area contributed by atoms with Crippen molar-refractivity contribution in [3.05, 3.63) is 65.5 Å². The van der Waals surface area contributed by atoms with Gasteiger partial charge in [-0.3, -0.25) is 4.98 Å². The molecule has 0 fully saturated rings. The maximum absolute atomic E-state index is 11.7. The number of ether oxygens (including phenoxy) is 1. The van der Waals surface area contributed by atoms with Crippen LogP contribution in [-0.2, 0) is 24.4 Å². The molecule has 116 valence electrons. The monoisotopic (exact) mass is 299 g/mol. The molecule has 2 aromatic rings. The summed E-state index contributed by atoms with van der Waals surface area (Å²) in [4.78, 5) is 15.9. The van der Waals surface area contributed by atoms with Crippen LogP contribution >= 0.6 is 0 Å². The standard InChI is InChI=1S/C17H21N3O2/c1-2-22-13-15-8-6-14(7-9-15)11-19-17(21)20-12-16-5-3-4-10-18-16/h3-10H,2,11-13H2,1H3,(H2,19,20,21). The SMILES string of the molecule is CCOCc1ccc(CNC(=O)NCc2ccccn2)cc1. The second-order valence-corrected chi connectivity index (χ2v) is 4.81. The summed E-state index contributed by atoms with van der Waals surface area (Å²) in [6.07, 6.45) is 1.71. The number of aromatic nitrogens is 1. The number of benzene rings is 1. The quantitative estimate of drug-likeness (QED) is 0.826. The summed E-state index contributed by atoms with van der Waals surface area (Å²) in [5, 5.41) is 5.60. The highest BCUT2D eigenvalue weighted by Gasteiger charge is 2.01. The van der Waals surface area contributed by atoms with Crippen molar-refractivity contribution in [3.63, 3.8) is 0 Å². The van der Waals surface area contributed by atoms with E-state index in [1.165, 1.54) is 0 Å². The van der Waals surface area contributed by atoms with Gasteiger partial charge in [0.25, 0.3) is 0 Å². The lowest BCUT2D eigenvalue weighted by molar-refractivity contribution is 0.134. The zero-order chi connectivity index (χ0) is 15.6. The van der Waals surface area contributed by atoms with Gasteiger partial charge in [-0.05, 0) is 30.2 Å². The number of nitrogens with one attached hydrogen (secondary N) is 2. The van der Waals surface area contributed by atoms with E-state index in [4.69, 9.17) is 4.74 Å². The van der Waals surface area contributed by atoms with Crippen LogP contribution in [-0.4, -0.2) is 17.6 Å². The number of urea groups is 1. The molecule has 0 saturated heterocycles. The van der Waals surface area contributed by atoms with E-state index in [-0.39, 0.29) is 6.03 Å². The fourth-order valence-corrected chi connectivity index (χ4v) is 1.89. The first-order chi connectivity index (χ1) is 10.8. The van der Waals surface area contributed by atoms with Gasteiger partial charge in [-0.1, -0.05) is 30.3 Å². The van der Waals surface area contributed by atoms with Crippen LogP contribution in [0.25, 0.3) is 0 Å². The number of amides is 2. The number of carbonyl (C=O) groups is 1. The molecule has 0 spiro atoms. The predicted octanol–water partition coefficient (Wildman–Crippen LogP) is 2.62. The first-order valence-electron chi connectivity index (χ1n) is 7.35. The molecule has 2 N–H and O–H groups in total. The molecule has 5 nitrogen and oxygen atoms in total. The van der Waals surface area contributed by atoms with Crippen molar-refractivity contribution in [1.82, 2.24) is 15.6 Å². The number of rotatable bonds is 7. The minimum atomic E-state index is -0.205. The van der Waals surface area contributed by atoms with E-state index >= 15 is 0 Å². The number of hydrogen-bond donors (Lipinski definition) is 2. The van der Waals surface area contributed by atoms with Crippen molar-refractivity contribution in [2.45, 2.75) is 26.6 Å². The number of carbonyl (C=O) groups excluding carboxylic acids is 1. The second-order valence-electron chi connectivity index (χ2n) is 4.81. The molecule has 2 rings (SSSR count). The molecule has 0 atom stereocenters. The summed E-state index contributed by atoms with van der Waals surface area (Å²) in [5.41, 5.74) is 3.01. The zero-order valence-electron chi connectivity index (χ0n) is 12.7. The molecule has 2 amide bonds. The average Bonchev–Trinajstić information content (AvgIpc) is 2.58. The lowest BCUT2D eigenvalue weighted by Crippen LogP contribution is -2.34. The maximum atomic E-state index is 11.7. The topological polar surface area (TPSA) is 63.2 Å². The van der Waals surface area contributed by atoms with Gasteiger partial charge in [0.05, 0.1) is 18.8 Å². The van der Waals surface area contributed by atoms with Gasteiger partial charge < -0.3 is 15.4 Å². The Morgan fingerprint density at radius 2 is 1.77 bits per heavy atom. The maximum Gasteiger partial charge on any atom is 0.315 e. The highest BCUT2D eigenvalue weighted by Crippen LogP contribution is 2.05. The van der Waals surface area contributed by atoms with Crippen molar-refractivity contribution >= 4 is 6.03 Å². The molecular weight excluding hydrogens is 278 g/mol. The Morgan fingerprint density at radius 1 is 1.05 bits per heavy atom. The van der Waals surface area contributed by atoms with E-state index in [1.54, 1.807) is 6.20 Å². The Bertz CT molecular complexity index is 570. The summed E-state index contributed by atoms with van der Waals surface area (Å²) in [5.74, 6) is 0. The molecule has 22 heavy (non-hydrogen) atoms. The van der Waals surface area contributed by atoms with Crippen LogP contribution in [0.2, 0.25) is 0 Å². The van der Waals surface area contributed by atoms with Crippen LogP contribution in [0.4, 0.5) is 4.79 Å². The van der Waals surface area contributed by atoms with Gasteiger partial charge >= 0.3 is 6.03 Å². The van der Waals surface area contributed by atoms with Gasteiger partial charge in [-0.2, -0.15) is 0 Å². The van der Waals surface area contributed by atoms with E-state index in [9.17, 15) is 4.79 Å². The molecule has 5 heteroatoms. The van der Waals surface area contributed by atoms with E-state index in [0.717, 1.165) is 16.8 Å². The fourth-order valence-electron chi connectivity index (χ4n) is 1.89. The van der Waals surface area contributed by atoms with Crippen molar-refractivity contribution < 1.29 is 9.53 Å². The Hall–Kier alpha value is -2.40. The average molecular weight is 299 g/mol. The molecular formula is C17H21N3O2. The molecule has 0 bridgehead atoms. The van der Waals surface area contributed by atoms with Crippen molar-refractivity contribution in [2.75, 3.05) is 6.61 Å². The zero-order valence-corrected chi connectivity index (χ0v) is 12.7. The third kappa shape index (κ3) is 5.54. The summed E-state index contributed by atoms with van der Waals surface area (Å²) < 4.78 is 5.35. The molecule has 0 radical (unpaired) electrons. The Kier molecular flexibility index (Phi) is 6.39. The first kappa shape index (κ1) is 16.0. The molecule has 0 aliphatic rings. The number of pyridine rings is 1. The molecule has 1 aromatic heterocycles. The Labute approximate surface area is 130 Å². The summed E-state index contributed by atoms with van der Waals surface area (Å²) >= 11 is 0. The van der Waals surface area contributed by atoms with E-state index in [1.807, 2.05) is 49.4 Å². The fraction of sp³-hybridized carbons (Fsp3) is 0.294. The van der Waals surface area contributed by atoms with E-state index in [2.05, 4.69) is 15.6 Å². The Morgan fingerprint density at radius 3 is 2.45 bits per heavy atom. The van der Waals surface area contributed by atoms with E-state index < -0.39 is 0 Å². The van der Waals surface area contributed by atoms with Crippen molar-refractivity contribution in [2.24, 2.45) is 0 Å². The van der Waals surface area contributed by atoms with Crippen LogP contribution in [0, 0.1) is 0 Å². The highest BCUT2D eigenvalue weighted by molar-refractivity contribution is 5.73. The van der Waals surface area contributed by atoms with Gasteiger partial charge in [-0.25, -0.2) is 4.79 Å². The third-order valence-corrected chi connectivity index (χ3v) is 3.11. The molecule has 0 saturated carbocycles. The number of hydrogen-bond acceptors (Lipinski definition) is 3. The molecule has 0 aliphatic heterocycles. The number of nitrogens with zero attached hydrogens (tertiary/aromatic N) is 1. The largest absolute Gasteiger partial charge is 0.377 e. The first-order valence-corrected chi connectivity index (χ1v) is 7.35. The van der Waals surface area contributed by atoms with Crippen LogP contribution < -0.4 is 10.6 Å². The lowest BCUT2D eigenvalue weighted by Gasteiger charge is -2.08. The van der Waals surface area contributed by atoms with Crippen LogP contribution in [0.15, 0.2) is 48.7 Å². The van der Waals surface area contributed by atoms with Gasteiger partial charge in [0, 0.05) is 19.3 Å². The summed E-state index contributed by atoms with van der Waals surface area (Å²) in [6.45, 7) is 4.21. The van der Waals surface area contributed by atoms with Crippen LogP contribution in [0.3, 0.4) is 0 Å². The van der Waals surface area contributed by atoms with Crippen molar-refractivity contribution in [3.8, 4) is 0 Å². The Balaban J connectivity index is 1.71. The van der Waals surface area contributed by atoms with Crippen molar-refractivity contribution in [1.29, 1.82) is 0 Å². The normalized spacial score (nSPS) is 10.2. The van der Waals surface area contributed by atoms with Gasteiger partial charge in [0.2, 0.25) is 0 Å². The minimum Gasteiger partial charge on any atom is -0.377 e. The molecule has 1 aromatic carbocycles. The third-order valence-electron chi connectivity index (χ3n) is 3.11. The van der Waals surface area contributed by atoms with Crippen LogP contribution in [0.5, 0.6) is 0 Å². The minimum absolute atomic E-state index is 0.205. The molecule has 0 aliphatic carbocycles. The predicted molar refractivity (Wildman–Crippen MR) is 85.1 cm³/mol. The lowest BCUT2D eigenvalue weighted by atomic mass is 10.1. The molecule has 0 unspecified atom stereocenters.